The molecular formula is C24H36NO6P. The summed E-state index contributed by atoms with van der Waals surface area (Å²) in [4.78, 5) is 10.0. The van der Waals surface area contributed by atoms with Crippen LogP contribution in [0.1, 0.15) is 38.2 Å². The van der Waals surface area contributed by atoms with E-state index in [0.29, 0.717) is 30.8 Å². The number of aromatic hydroxyl groups is 1. The second-order valence-corrected chi connectivity index (χ2v) is 10.4. The molecule has 2 aromatic rings. The summed E-state index contributed by atoms with van der Waals surface area (Å²) in [6, 6.07) is 13.9. The van der Waals surface area contributed by atoms with Crippen LogP contribution in [0.2, 0.25) is 0 Å². The van der Waals surface area contributed by atoms with Crippen molar-refractivity contribution in [1.29, 1.82) is 0 Å². The molecule has 4 N–H and O–H groups in total. The van der Waals surface area contributed by atoms with Crippen molar-refractivity contribution in [2.75, 3.05) is 32.2 Å². The Morgan fingerprint density at radius 3 is 2.31 bits per heavy atom. The third kappa shape index (κ3) is 11.0. The first kappa shape index (κ1) is 26.2. The molecule has 0 aliphatic rings. The Kier molecular flexibility index (Phi) is 11.6. The summed E-state index contributed by atoms with van der Waals surface area (Å²) in [5, 5.41) is 22.4. The van der Waals surface area contributed by atoms with Crippen LogP contribution < -0.4 is 14.8 Å². The number of aliphatic hydroxyl groups is 1. The van der Waals surface area contributed by atoms with Crippen LogP contribution in [0.25, 0.3) is 0 Å². The van der Waals surface area contributed by atoms with Gasteiger partial charge in [-0.05, 0) is 61.3 Å². The van der Waals surface area contributed by atoms with E-state index in [2.05, 4.69) is 12.2 Å². The summed E-state index contributed by atoms with van der Waals surface area (Å²) < 4.78 is 23.2. The van der Waals surface area contributed by atoms with Gasteiger partial charge < -0.3 is 29.9 Å². The van der Waals surface area contributed by atoms with Crippen LogP contribution in [0.3, 0.4) is 0 Å². The summed E-state index contributed by atoms with van der Waals surface area (Å²) in [5.74, 6) is 1.36. The topological polar surface area (TPSA) is 108 Å². The molecule has 32 heavy (non-hydrogen) atoms. The van der Waals surface area contributed by atoms with Gasteiger partial charge in [-0.3, -0.25) is 4.57 Å². The minimum atomic E-state index is -3.25. The third-order valence-electron chi connectivity index (χ3n) is 4.97. The Morgan fingerprint density at radius 1 is 0.969 bits per heavy atom. The predicted molar refractivity (Wildman–Crippen MR) is 127 cm³/mol. The lowest BCUT2D eigenvalue weighted by atomic mass is 10.1. The first-order valence-electron chi connectivity index (χ1n) is 11.2. The van der Waals surface area contributed by atoms with Gasteiger partial charge in [0.2, 0.25) is 7.37 Å². The molecule has 0 saturated carbocycles. The summed E-state index contributed by atoms with van der Waals surface area (Å²) in [7, 11) is -3.25. The molecule has 0 heterocycles. The molecule has 0 spiro atoms. The summed E-state index contributed by atoms with van der Waals surface area (Å²) in [6.45, 7) is 3.38. The highest BCUT2D eigenvalue weighted by atomic mass is 31.2. The highest BCUT2D eigenvalue weighted by Gasteiger charge is 2.18. The average Bonchev–Trinajstić information content (AvgIpc) is 2.79. The van der Waals surface area contributed by atoms with Gasteiger partial charge in [-0.1, -0.05) is 38.3 Å². The molecule has 2 atom stereocenters. The van der Waals surface area contributed by atoms with E-state index in [1.54, 1.807) is 12.1 Å². The molecule has 2 aromatic carbocycles. The molecule has 0 radical (unpaired) electrons. The number of hydrogen-bond donors (Lipinski definition) is 4. The van der Waals surface area contributed by atoms with Crippen LogP contribution in [-0.4, -0.2) is 53.4 Å². The van der Waals surface area contributed by atoms with E-state index >= 15 is 0 Å². The van der Waals surface area contributed by atoms with E-state index < -0.39 is 13.5 Å². The number of benzene rings is 2. The van der Waals surface area contributed by atoms with Crippen LogP contribution in [-0.2, 0) is 11.0 Å². The van der Waals surface area contributed by atoms with Crippen molar-refractivity contribution >= 4 is 7.37 Å². The van der Waals surface area contributed by atoms with Crippen LogP contribution in [0.15, 0.2) is 48.5 Å². The number of ether oxygens (including phenoxy) is 2. The molecule has 0 fully saturated rings. The van der Waals surface area contributed by atoms with Crippen molar-refractivity contribution < 1.29 is 29.1 Å². The zero-order valence-corrected chi connectivity index (χ0v) is 19.7. The van der Waals surface area contributed by atoms with Gasteiger partial charge in [0.25, 0.3) is 0 Å². The maximum absolute atomic E-state index is 12.2. The van der Waals surface area contributed by atoms with Gasteiger partial charge in [0.05, 0.1) is 0 Å². The lowest BCUT2D eigenvalue weighted by molar-refractivity contribution is 0.106. The van der Waals surface area contributed by atoms with E-state index in [1.165, 1.54) is 12.1 Å². The number of unbranched alkanes of at least 4 members (excludes halogenated alkanes) is 3. The Morgan fingerprint density at radius 2 is 1.62 bits per heavy atom. The Balaban J connectivity index is 1.60. The number of nitrogens with one attached hydrogen (secondary N) is 1. The summed E-state index contributed by atoms with van der Waals surface area (Å²) in [6.07, 6.45) is 4.22. The lowest BCUT2D eigenvalue weighted by Gasteiger charge is -2.14. The Hall–Kier alpha value is -2.05. The maximum Gasteiger partial charge on any atom is 0.236 e. The molecule has 7 nitrogen and oxygen atoms in total. The van der Waals surface area contributed by atoms with Crippen LogP contribution in [0.4, 0.5) is 0 Å². The monoisotopic (exact) mass is 465 g/mol. The van der Waals surface area contributed by atoms with Crippen molar-refractivity contribution in [2.24, 2.45) is 0 Å². The van der Waals surface area contributed by atoms with E-state index in [1.807, 2.05) is 24.3 Å². The van der Waals surface area contributed by atoms with Crippen molar-refractivity contribution in [2.45, 2.75) is 45.1 Å². The molecule has 0 aliphatic heterocycles. The number of aliphatic hydroxyl groups excluding tert-OH is 1. The fourth-order valence-corrected chi connectivity index (χ4v) is 4.27. The fraction of sp³-hybridized carbons (Fsp3) is 0.500. The summed E-state index contributed by atoms with van der Waals surface area (Å²) >= 11 is 0. The Bertz CT molecular complexity index is 812. The maximum atomic E-state index is 12.2. The van der Waals surface area contributed by atoms with Crippen molar-refractivity contribution in [3.63, 3.8) is 0 Å². The van der Waals surface area contributed by atoms with Crippen molar-refractivity contribution in [1.82, 2.24) is 5.32 Å². The van der Waals surface area contributed by atoms with Gasteiger partial charge in [-0.25, -0.2) is 0 Å². The highest BCUT2D eigenvalue weighted by molar-refractivity contribution is 7.57. The zero-order valence-electron chi connectivity index (χ0n) is 18.8. The van der Waals surface area contributed by atoms with Crippen LogP contribution in [0.5, 0.6) is 17.2 Å². The minimum absolute atomic E-state index is 0.149. The van der Waals surface area contributed by atoms with E-state index in [0.717, 1.165) is 37.7 Å². The van der Waals surface area contributed by atoms with Gasteiger partial charge in [0.15, 0.2) is 6.35 Å². The molecule has 2 unspecified atom stereocenters. The second kappa shape index (κ2) is 14.2. The predicted octanol–water partition coefficient (Wildman–Crippen LogP) is 4.15. The molecule has 0 amide bonds. The van der Waals surface area contributed by atoms with E-state index in [-0.39, 0.29) is 18.7 Å². The third-order valence-corrected chi connectivity index (χ3v) is 6.51. The quantitative estimate of drug-likeness (QED) is 0.218. The number of rotatable bonds is 16. The number of hydrogen-bond acceptors (Lipinski definition) is 6. The average molecular weight is 466 g/mol. The van der Waals surface area contributed by atoms with E-state index in [4.69, 9.17) is 9.47 Å². The largest absolute Gasteiger partial charge is 0.508 e. The van der Waals surface area contributed by atoms with Crippen molar-refractivity contribution in [3.05, 3.63) is 54.1 Å². The van der Waals surface area contributed by atoms with Gasteiger partial charge in [0, 0.05) is 12.7 Å². The molecule has 8 heteroatoms. The molecule has 0 bridgehead atoms. The van der Waals surface area contributed by atoms with Gasteiger partial charge in [0.1, 0.15) is 30.0 Å². The minimum Gasteiger partial charge on any atom is -0.508 e. The molecular weight excluding hydrogens is 429 g/mol. The number of phenols is 1. The second-order valence-electron chi connectivity index (χ2n) is 7.96. The van der Waals surface area contributed by atoms with Crippen LogP contribution in [0, 0.1) is 0 Å². The molecule has 0 aliphatic carbocycles. The first-order valence-corrected chi connectivity index (χ1v) is 13.2. The summed E-state index contributed by atoms with van der Waals surface area (Å²) in [5.41, 5.74) is 1.10. The van der Waals surface area contributed by atoms with Crippen molar-refractivity contribution in [3.8, 4) is 17.2 Å². The molecule has 0 saturated heterocycles. The number of phenolic OH excluding ortho intramolecular Hbond substituents is 1. The van der Waals surface area contributed by atoms with Gasteiger partial charge >= 0.3 is 0 Å². The first-order chi connectivity index (χ1) is 15.4. The SMILES string of the molecule is CCCCCCP(=O)(O)COc1ccc(CCNCC(O)COc2ccc(O)cc2)cc1. The highest BCUT2D eigenvalue weighted by Crippen LogP contribution is 2.41. The zero-order chi connectivity index (χ0) is 23.2. The lowest BCUT2D eigenvalue weighted by Crippen LogP contribution is -2.32. The molecule has 0 aromatic heterocycles. The van der Waals surface area contributed by atoms with E-state index in [9.17, 15) is 19.7 Å². The standard InChI is InChI=1S/C24H36NO6P/c1-2-3-4-5-16-32(28,29)19-31-24-10-6-20(7-11-24)14-15-25-17-22(27)18-30-23-12-8-21(26)9-13-23/h6-13,22,25-27H,2-5,14-19H2,1H3,(H,28,29). The smallest absolute Gasteiger partial charge is 0.236 e. The van der Waals surface area contributed by atoms with Gasteiger partial charge in [-0.2, -0.15) is 0 Å². The van der Waals surface area contributed by atoms with Crippen LogP contribution >= 0.6 is 7.37 Å². The normalized spacial score (nSPS) is 14.0. The molecule has 2 rings (SSSR count). The fourth-order valence-electron chi connectivity index (χ4n) is 3.07. The Labute approximate surface area is 190 Å². The molecule has 178 valence electrons. The van der Waals surface area contributed by atoms with Gasteiger partial charge in [-0.15, -0.1) is 0 Å².